The SMILES string of the molecule is CC1(c2ccc(Cl)cc2Cl)CN=C(N)N1c1ccccc1. The second kappa shape index (κ2) is 5.24. The molecule has 3 nitrogen and oxygen atoms in total. The number of para-hydroxylation sites is 1. The highest BCUT2D eigenvalue weighted by Gasteiger charge is 2.41. The fraction of sp³-hybridized carbons (Fsp3) is 0.188. The molecule has 108 valence electrons. The molecule has 0 radical (unpaired) electrons. The number of rotatable bonds is 2. The first kappa shape index (κ1) is 14.2. The fourth-order valence-electron chi connectivity index (χ4n) is 2.76. The molecule has 0 saturated heterocycles. The summed E-state index contributed by atoms with van der Waals surface area (Å²) in [5.74, 6) is 0.495. The average Bonchev–Trinajstić information content (AvgIpc) is 2.76. The van der Waals surface area contributed by atoms with E-state index in [9.17, 15) is 0 Å². The molecule has 1 aliphatic rings. The Hall–Kier alpha value is -1.71. The summed E-state index contributed by atoms with van der Waals surface area (Å²) in [7, 11) is 0. The smallest absolute Gasteiger partial charge is 0.196 e. The summed E-state index contributed by atoms with van der Waals surface area (Å²) >= 11 is 12.4. The number of hydrogen-bond donors (Lipinski definition) is 1. The number of nitrogens with zero attached hydrogens (tertiary/aromatic N) is 2. The third-order valence-corrected chi connectivity index (χ3v) is 4.35. The standard InChI is InChI=1S/C16H15Cl2N3/c1-16(13-8-7-11(17)9-14(13)18)10-20-15(19)21(16)12-5-3-2-4-6-12/h2-9H,10H2,1H3,(H2,19,20). The number of guanidine groups is 1. The molecule has 0 fully saturated rings. The summed E-state index contributed by atoms with van der Waals surface area (Å²) in [6.45, 7) is 2.63. The van der Waals surface area contributed by atoms with Gasteiger partial charge in [-0.15, -0.1) is 0 Å². The molecular formula is C16H15Cl2N3. The van der Waals surface area contributed by atoms with E-state index in [4.69, 9.17) is 28.9 Å². The van der Waals surface area contributed by atoms with Gasteiger partial charge in [0.05, 0.1) is 12.1 Å². The predicted molar refractivity (Wildman–Crippen MR) is 89.2 cm³/mol. The van der Waals surface area contributed by atoms with Crippen molar-refractivity contribution in [1.29, 1.82) is 0 Å². The summed E-state index contributed by atoms with van der Waals surface area (Å²) in [5.41, 5.74) is 7.64. The number of benzene rings is 2. The molecule has 1 atom stereocenters. The Morgan fingerprint density at radius 1 is 1.14 bits per heavy atom. The third-order valence-electron chi connectivity index (χ3n) is 3.80. The number of anilines is 1. The van der Waals surface area contributed by atoms with Crippen LogP contribution in [0.4, 0.5) is 5.69 Å². The van der Waals surface area contributed by atoms with E-state index in [1.807, 2.05) is 47.4 Å². The van der Waals surface area contributed by atoms with Gasteiger partial charge >= 0.3 is 0 Å². The van der Waals surface area contributed by atoms with Gasteiger partial charge in [0.1, 0.15) is 0 Å². The van der Waals surface area contributed by atoms with Gasteiger partial charge in [-0.25, -0.2) is 0 Å². The first-order valence-corrected chi connectivity index (χ1v) is 7.39. The van der Waals surface area contributed by atoms with E-state index in [0.717, 1.165) is 11.3 Å². The van der Waals surface area contributed by atoms with Crippen LogP contribution in [0.2, 0.25) is 10.0 Å². The quantitative estimate of drug-likeness (QED) is 0.907. The van der Waals surface area contributed by atoms with Crippen molar-refractivity contribution in [3.63, 3.8) is 0 Å². The molecule has 5 heteroatoms. The van der Waals surface area contributed by atoms with Crippen LogP contribution in [-0.4, -0.2) is 12.5 Å². The van der Waals surface area contributed by atoms with Crippen LogP contribution in [0, 0.1) is 0 Å². The topological polar surface area (TPSA) is 41.6 Å². The van der Waals surface area contributed by atoms with Gasteiger partial charge in [0.15, 0.2) is 5.96 Å². The van der Waals surface area contributed by atoms with E-state index in [1.54, 1.807) is 6.07 Å². The van der Waals surface area contributed by atoms with E-state index < -0.39 is 5.54 Å². The summed E-state index contributed by atoms with van der Waals surface area (Å²) in [4.78, 5) is 6.43. The van der Waals surface area contributed by atoms with Crippen molar-refractivity contribution in [3.05, 3.63) is 64.1 Å². The molecule has 0 amide bonds. The van der Waals surface area contributed by atoms with Gasteiger partial charge in [0.25, 0.3) is 0 Å². The minimum Gasteiger partial charge on any atom is -0.369 e. The van der Waals surface area contributed by atoms with Gasteiger partial charge in [-0.2, -0.15) is 0 Å². The Morgan fingerprint density at radius 2 is 1.86 bits per heavy atom. The lowest BCUT2D eigenvalue weighted by atomic mass is 9.90. The zero-order valence-corrected chi connectivity index (χ0v) is 13.1. The number of aliphatic imine (C=N–C) groups is 1. The molecule has 2 N–H and O–H groups in total. The molecular weight excluding hydrogens is 305 g/mol. The van der Waals surface area contributed by atoms with E-state index >= 15 is 0 Å². The molecule has 0 saturated carbocycles. The molecule has 0 aromatic heterocycles. The van der Waals surface area contributed by atoms with Crippen LogP contribution in [0.15, 0.2) is 53.5 Å². The van der Waals surface area contributed by atoms with Gasteiger partial charge in [0.2, 0.25) is 0 Å². The number of halogens is 2. The highest BCUT2D eigenvalue weighted by atomic mass is 35.5. The summed E-state index contributed by atoms with van der Waals surface area (Å²) in [5, 5.41) is 1.24. The summed E-state index contributed by atoms with van der Waals surface area (Å²) in [6, 6.07) is 15.5. The Bertz CT molecular complexity index is 700. The van der Waals surface area contributed by atoms with Crippen LogP contribution in [0.25, 0.3) is 0 Å². The van der Waals surface area contributed by atoms with Gasteiger partial charge < -0.3 is 10.6 Å². The minimum atomic E-state index is -0.424. The number of nitrogens with two attached hydrogens (primary N) is 1. The molecule has 0 bridgehead atoms. The van der Waals surface area contributed by atoms with Crippen LogP contribution >= 0.6 is 23.2 Å². The lowest BCUT2D eigenvalue weighted by Crippen LogP contribution is -2.47. The lowest BCUT2D eigenvalue weighted by Gasteiger charge is -2.37. The van der Waals surface area contributed by atoms with Crippen molar-refractivity contribution >= 4 is 34.8 Å². The zero-order chi connectivity index (χ0) is 15.0. The maximum absolute atomic E-state index is 6.40. The molecule has 1 unspecified atom stereocenters. The van der Waals surface area contributed by atoms with Crippen molar-refractivity contribution in [2.45, 2.75) is 12.5 Å². The second-order valence-corrected chi connectivity index (χ2v) is 6.09. The maximum atomic E-state index is 6.40. The first-order chi connectivity index (χ1) is 10.0. The molecule has 2 aromatic rings. The van der Waals surface area contributed by atoms with Crippen molar-refractivity contribution in [1.82, 2.24) is 0 Å². The van der Waals surface area contributed by atoms with Crippen molar-refractivity contribution in [2.75, 3.05) is 11.4 Å². The number of hydrogen-bond acceptors (Lipinski definition) is 3. The van der Waals surface area contributed by atoms with Crippen LogP contribution < -0.4 is 10.6 Å². The second-order valence-electron chi connectivity index (χ2n) is 5.24. The zero-order valence-electron chi connectivity index (χ0n) is 11.6. The fourth-order valence-corrected chi connectivity index (χ4v) is 3.37. The van der Waals surface area contributed by atoms with Crippen LogP contribution in [-0.2, 0) is 5.54 Å². The van der Waals surface area contributed by atoms with Gasteiger partial charge in [-0.05, 0) is 36.8 Å². The minimum absolute atomic E-state index is 0.424. The lowest BCUT2D eigenvalue weighted by molar-refractivity contribution is 0.533. The Labute approximate surface area is 134 Å². The van der Waals surface area contributed by atoms with Gasteiger partial charge in [-0.3, -0.25) is 4.99 Å². The molecule has 1 aliphatic heterocycles. The summed E-state index contributed by atoms with van der Waals surface area (Å²) in [6.07, 6.45) is 0. The van der Waals surface area contributed by atoms with E-state index in [1.165, 1.54) is 0 Å². The van der Waals surface area contributed by atoms with Crippen LogP contribution in [0.1, 0.15) is 12.5 Å². The third kappa shape index (κ3) is 2.37. The summed E-state index contributed by atoms with van der Waals surface area (Å²) < 4.78 is 0. The van der Waals surface area contributed by atoms with E-state index in [0.29, 0.717) is 22.5 Å². The Kier molecular flexibility index (Phi) is 3.56. The van der Waals surface area contributed by atoms with Crippen molar-refractivity contribution < 1.29 is 0 Å². The maximum Gasteiger partial charge on any atom is 0.196 e. The first-order valence-electron chi connectivity index (χ1n) is 6.63. The Balaban J connectivity index is 2.11. The highest BCUT2D eigenvalue weighted by Crippen LogP contribution is 2.40. The largest absolute Gasteiger partial charge is 0.369 e. The van der Waals surface area contributed by atoms with Crippen LogP contribution in [0.5, 0.6) is 0 Å². The molecule has 1 heterocycles. The van der Waals surface area contributed by atoms with Gasteiger partial charge in [-0.1, -0.05) is 47.5 Å². The van der Waals surface area contributed by atoms with E-state index in [-0.39, 0.29) is 0 Å². The van der Waals surface area contributed by atoms with Crippen LogP contribution in [0.3, 0.4) is 0 Å². The Morgan fingerprint density at radius 3 is 2.52 bits per heavy atom. The van der Waals surface area contributed by atoms with Crippen molar-refractivity contribution in [3.8, 4) is 0 Å². The highest BCUT2D eigenvalue weighted by molar-refractivity contribution is 6.35. The average molecular weight is 320 g/mol. The predicted octanol–water partition coefficient (Wildman–Crippen LogP) is 4.04. The molecule has 2 aromatic carbocycles. The normalized spacial score (nSPS) is 21.5. The molecule has 0 spiro atoms. The van der Waals surface area contributed by atoms with Gasteiger partial charge in [0, 0.05) is 15.7 Å². The monoisotopic (exact) mass is 319 g/mol. The van der Waals surface area contributed by atoms with Crippen molar-refractivity contribution in [2.24, 2.45) is 10.7 Å². The molecule has 21 heavy (non-hydrogen) atoms. The molecule has 3 rings (SSSR count). The van der Waals surface area contributed by atoms with E-state index in [2.05, 4.69) is 11.9 Å². The molecule has 0 aliphatic carbocycles.